The van der Waals surface area contributed by atoms with Gasteiger partial charge in [-0.25, -0.2) is 0 Å². The minimum absolute atomic E-state index is 0.479. The Morgan fingerprint density at radius 2 is 1.85 bits per heavy atom. The molecule has 0 aliphatic carbocycles. The van der Waals surface area contributed by atoms with Crippen molar-refractivity contribution < 1.29 is 4.42 Å². The van der Waals surface area contributed by atoms with Crippen LogP contribution >= 0.6 is 0 Å². The first kappa shape index (κ1) is 14.7. The van der Waals surface area contributed by atoms with Gasteiger partial charge < -0.3 is 14.6 Å². The molecule has 1 aromatic heterocycles. The number of hydrogen-bond acceptors (Lipinski definition) is 3. The van der Waals surface area contributed by atoms with E-state index in [9.17, 15) is 0 Å². The summed E-state index contributed by atoms with van der Waals surface area (Å²) in [5.74, 6) is 1.03. The van der Waals surface area contributed by atoms with Crippen molar-refractivity contribution in [3.05, 3.63) is 53.5 Å². The number of rotatable bonds is 6. The molecule has 1 aromatic carbocycles. The molecule has 0 bridgehead atoms. The molecule has 3 nitrogen and oxygen atoms in total. The Morgan fingerprint density at radius 3 is 2.50 bits per heavy atom. The zero-order chi connectivity index (χ0) is 14.5. The normalized spacial score (nSPS) is 11.1. The van der Waals surface area contributed by atoms with Crippen LogP contribution in [0.5, 0.6) is 0 Å². The zero-order valence-electron chi connectivity index (χ0n) is 12.8. The second-order valence-electron chi connectivity index (χ2n) is 5.60. The van der Waals surface area contributed by atoms with Crippen molar-refractivity contribution in [1.82, 2.24) is 5.32 Å². The third-order valence-electron chi connectivity index (χ3n) is 3.39. The summed E-state index contributed by atoms with van der Waals surface area (Å²) in [5, 5.41) is 3.43. The van der Waals surface area contributed by atoms with Gasteiger partial charge in [0.15, 0.2) is 0 Å². The smallest absolute Gasteiger partial charge is 0.127 e. The monoisotopic (exact) mass is 272 g/mol. The van der Waals surface area contributed by atoms with Gasteiger partial charge in [0.2, 0.25) is 0 Å². The molecular weight excluding hydrogens is 248 g/mol. The first-order chi connectivity index (χ1) is 9.56. The SMILES string of the molecule is Cc1ccc(N(C)Cc2occc2CNC(C)C)cc1. The number of furan rings is 1. The largest absolute Gasteiger partial charge is 0.467 e. The highest BCUT2D eigenvalue weighted by Crippen LogP contribution is 2.19. The minimum atomic E-state index is 0.479. The van der Waals surface area contributed by atoms with Gasteiger partial charge in [-0.3, -0.25) is 0 Å². The molecule has 0 aliphatic rings. The van der Waals surface area contributed by atoms with Gasteiger partial charge in [-0.2, -0.15) is 0 Å². The summed E-state index contributed by atoms with van der Waals surface area (Å²) in [5.41, 5.74) is 3.72. The maximum absolute atomic E-state index is 5.63. The Hall–Kier alpha value is -1.74. The number of anilines is 1. The molecule has 108 valence electrons. The van der Waals surface area contributed by atoms with Gasteiger partial charge in [0.05, 0.1) is 12.8 Å². The summed E-state index contributed by atoms with van der Waals surface area (Å²) in [6.07, 6.45) is 1.77. The molecule has 0 radical (unpaired) electrons. The second-order valence-corrected chi connectivity index (χ2v) is 5.60. The summed E-state index contributed by atoms with van der Waals surface area (Å²) in [4.78, 5) is 2.21. The van der Waals surface area contributed by atoms with E-state index in [2.05, 4.69) is 62.3 Å². The Morgan fingerprint density at radius 1 is 1.15 bits per heavy atom. The van der Waals surface area contributed by atoms with E-state index in [-0.39, 0.29) is 0 Å². The molecule has 0 aliphatic heterocycles. The lowest BCUT2D eigenvalue weighted by atomic mass is 10.2. The molecule has 1 N–H and O–H groups in total. The Kier molecular flexibility index (Phi) is 4.85. The predicted octanol–water partition coefficient (Wildman–Crippen LogP) is 3.72. The van der Waals surface area contributed by atoms with Crippen LogP contribution in [-0.2, 0) is 13.1 Å². The maximum atomic E-state index is 5.63. The summed E-state index contributed by atoms with van der Waals surface area (Å²) in [6.45, 7) is 8.04. The molecule has 0 unspecified atom stereocenters. The average molecular weight is 272 g/mol. The van der Waals surface area contributed by atoms with Crippen molar-refractivity contribution in [2.75, 3.05) is 11.9 Å². The van der Waals surface area contributed by atoms with Gasteiger partial charge in [0, 0.05) is 30.9 Å². The van der Waals surface area contributed by atoms with E-state index in [1.54, 1.807) is 6.26 Å². The Balaban J connectivity index is 2.02. The van der Waals surface area contributed by atoms with E-state index in [0.717, 1.165) is 18.8 Å². The molecule has 0 fully saturated rings. The molecule has 0 saturated carbocycles. The van der Waals surface area contributed by atoms with Gasteiger partial charge in [-0.15, -0.1) is 0 Å². The van der Waals surface area contributed by atoms with E-state index < -0.39 is 0 Å². The molecule has 1 heterocycles. The topological polar surface area (TPSA) is 28.4 Å². The van der Waals surface area contributed by atoms with Gasteiger partial charge in [-0.05, 0) is 25.1 Å². The maximum Gasteiger partial charge on any atom is 0.127 e. The number of nitrogens with one attached hydrogen (secondary N) is 1. The molecule has 3 heteroatoms. The summed E-state index contributed by atoms with van der Waals surface area (Å²) in [7, 11) is 2.09. The van der Waals surface area contributed by atoms with Crippen LogP contribution in [0.25, 0.3) is 0 Å². The van der Waals surface area contributed by atoms with Crippen LogP contribution < -0.4 is 10.2 Å². The van der Waals surface area contributed by atoms with Crippen molar-refractivity contribution >= 4 is 5.69 Å². The van der Waals surface area contributed by atoms with Crippen molar-refractivity contribution in [2.45, 2.75) is 39.9 Å². The van der Waals surface area contributed by atoms with Gasteiger partial charge >= 0.3 is 0 Å². The first-order valence-corrected chi connectivity index (χ1v) is 7.12. The third kappa shape index (κ3) is 3.87. The van der Waals surface area contributed by atoms with Gasteiger partial charge in [0.25, 0.3) is 0 Å². The lowest BCUT2D eigenvalue weighted by Crippen LogP contribution is -2.23. The van der Waals surface area contributed by atoms with Crippen LogP contribution in [0.3, 0.4) is 0 Å². The molecule has 0 spiro atoms. The lowest BCUT2D eigenvalue weighted by Gasteiger charge is -2.19. The summed E-state index contributed by atoms with van der Waals surface area (Å²) < 4.78 is 5.63. The highest BCUT2D eigenvalue weighted by Gasteiger charge is 2.10. The molecule has 0 saturated heterocycles. The van der Waals surface area contributed by atoms with E-state index in [1.807, 2.05) is 6.07 Å². The minimum Gasteiger partial charge on any atom is -0.467 e. The van der Waals surface area contributed by atoms with Crippen LogP contribution in [0.15, 0.2) is 41.0 Å². The zero-order valence-corrected chi connectivity index (χ0v) is 12.8. The third-order valence-corrected chi connectivity index (χ3v) is 3.39. The van der Waals surface area contributed by atoms with Gasteiger partial charge in [0.1, 0.15) is 5.76 Å². The average Bonchev–Trinajstić information content (AvgIpc) is 2.84. The second kappa shape index (κ2) is 6.62. The van der Waals surface area contributed by atoms with Crippen molar-refractivity contribution in [3.63, 3.8) is 0 Å². The molecule has 0 amide bonds. The molecule has 0 atom stereocenters. The highest BCUT2D eigenvalue weighted by atomic mass is 16.3. The van der Waals surface area contributed by atoms with Crippen LogP contribution in [0, 0.1) is 6.92 Å². The van der Waals surface area contributed by atoms with Gasteiger partial charge in [-0.1, -0.05) is 31.5 Å². The fourth-order valence-electron chi connectivity index (χ4n) is 2.08. The fourth-order valence-corrected chi connectivity index (χ4v) is 2.08. The number of benzene rings is 1. The van der Waals surface area contributed by atoms with Crippen molar-refractivity contribution in [1.29, 1.82) is 0 Å². The number of aryl methyl sites for hydroxylation is 1. The van der Waals surface area contributed by atoms with Crippen LogP contribution in [0.2, 0.25) is 0 Å². The first-order valence-electron chi connectivity index (χ1n) is 7.12. The summed E-state index contributed by atoms with van der Waals surface area (Å²) in [6, 6.07) is 11.1. The fraction of sp³-hybridized carbons (Fsp3) is 0.412. The molecule has 20 heavy (non-hydrogen) atoms. The number of hydrogen-bond donors (Lipinski definition) is 1. The van der Waals surface area contributed by atoms with E-state index in [1.165, 1.54) is 16.8 Å². The highest BCUT2D eigenvalue weighted by molar-refractivity contribution is 5.47. The van der Waals surface area contributed by atoms with Crippen LogP contribution in [-0.4, -0.2) is 13.1 Å². The quantitative estimate of drug-likeness (QED) is 0.868. The van der Waals surface area contributed by atoms with E-state index in [4.69, 9.17) is 4.42 Å². The van der Waals surface area contributed by atoms with Crippen LogP contribution in [0.4, 0.5) is 5.69 Å². The molecule has 2 rings (SSSR count). The van der Waals surface area contributed by atoms with Crippen LogP contribution in [0.1, 0.15) is 30.7 Å². The standard InChI is InChI=1S/C17H24N2O/c1-13(2)18-11-15-9-10-20-17(15)12-19(4)16-7-5-14(3)6-8-16/h5-10,13,18H,11-12H2,1-4H3. The predicted molar refractivity (Wildman–Crippen MR) is 84.0 cm³/mol. The lowest BCUT2D eigenvalue weighted by molar-refractivity contribution is 0.496. The molecular formula is C17H24N2O. The summed E-state index contributed by atoms with van der Waals surface area (Å²) >= 11 is 0. The Labute approximate surface area is 121 Å². The molecule has 2 aromatic rings. The van der Waals surface area contributed by atoms with E-state index >= 15 is 0 Å². The van der Waals surface area contributed by atoms with E-state index in [0.29, 0.717) is 6.04 Å². The number of nitrogens with zero attached hydrogens (tertiary/aromatic N) is 1. The Bertz CT molecular complexity index is 528. The van der Waals surface area contributed by atoms with Crippen molar-refractivity contribution in [3.8, 4) is 0 Å². The van der Waals surface area contributed by atoms with Crippen molar-refractivity contribution in [2.24, 2.45) is 0 Å².